The summed E-state index contributed by atoms with van der Waals surface area (Å²) in [6.07, 6.45) is 6.12. The van der Waals surface area contributed by atoms with Crippen LogP contribution in [0.25, 0.3) is 0 Å². The van der Waals surface area contributed by atoms with Crippen molar-refractivity contribution in [3.8, 4) is 23.0 Å². The Labute approximate surface area is 322 Å². The topological polar surface area (TPSA) is 157 Å². The Kier molecular flexibility index (Phi) is 13.9. The van der Waals surface area contributed by atoms with Gasteiger partial charge < -0.3 is 43.4 Å². The van der Waals surface area contributed by atoms with Crippen LogP contribution in [0.4, 0.5) is 40.3 Å². The number of hydrogen-bond acceptors (Lipinski definition) is 11. The van der Waals surface area contributed by atoms with Crippen molar-refractivity contribution < 1.29 is 60.7 Å². The van der Waals surface area contributed by atoms with Gasteiger partial charge in [-0.25, -0.2) is 14.6 Å². The first-order valence-corrected chi connectivity index (χ1v) is 16.7. The molecule has 0 aliphatic carbocycles. The lowest BCUT2D eigenvalue weighted by atomic mass is 10.1. The summed E-state index contributed by atoms with van der Waals surface area (Å²) in [6, 6.07) is 25.3. The number of carbonyl (C=O) groups is 2. The molecule has 6 aromatic rings. The molecule has 57 heavy (non-hydrogen) atoms. The molecule has 0 fully saturated rings. The van der Waals surface area contributed by atoms with Crippen LogP contribution in [-0.2, 0) is 13.1 Å². The van der Waals surface area contributed by atoms with E-state index in [2.05, 4.69) is 19.4 Å². The van der Waals surface area contributed by atoms with Crippen LogP contribution >= 0.6 is 0 Å². The van der Waals surface area contributed by atoms with Gasteiger partial charge in [0.05, 0.1) is 38.1 Å². The number of halogens is 4. The summed E-state index contributed by atoms with van der Waals surface area (Å²) in [4.78, 5) is 33.9. The molecule has 0 bridgehead atoms. The summed E-state index contributed by atoms with van der Waals surface area (Å²) in [5.41, 5.74) is 3.33. The lowest BCUT2D eigenvalue weighted by molar-refractivity contribution is -0.0518. The van der Waals surface area contributed by atoms with E-state index in [1.54, 1.807) is 59.8 Å². The first kappa shape index (κ1) is 40.9. The second-order valence-corrected chi connectivity index (χ2v) is 11.6. The number of ether oxygens (including phenoxy) is 4. The van der Waals surface area contributed by atoms with Crippen LogP contribution < -0.4 is 28.7 Å². The summed E-state index contributed by atoms with van der Waals surface area (Å²) in [5.74, 6) is -1.55. The van der Waals surface area contributed by atoms with Crippen LogP contribution in [0.5, 0.6) is 23.0 Å². The van der Waals surface area contributed by atoms with Crippen LogP contribution in [0.3, 0.4) is 0 Å². The molecule has 0 spiro atoms. The van der Waals surface area contributed by atoms with Crippen molar-refractivity contribution in [3.63, 3.8) is 0 Å². The zero-order valence-electron chi connectivity index (χ0n) is 30.2. The van der Waals surface area contributed by atoms with Crippen molar-refractivity contribution in [1.29, 1.82) is 0 Å². The quantitative estimate of drug-likeness (QED) is 0.0896. The number of aromatic nitrogens is 2. The van der Waals surface area contributed by atoms with Gasteiger partial charge in [-0.1, -0.05) is 12.1 Å². The summed E-state index contributed by atoms with van der Waals surface area (Å²) in [5, 5.41) is 18.4. The smallest absolute Gasteiger partial charge is 0.387 e. The predicted octanol–water partition coefficient (Wildman–Crippen LogP) is 9.05. The Hall–Kier alpha value is -7.30. The zero-order chi connectivity index (χ0) is 40.9. The van der Waals surface area contributed by atoms with Crippen molar-refractivity contribution >= 4 is 34.7 Å². The van der Waals surface area contributed by atoms with Gasteiger partial charge in [-0.15, -0.1) is 0 Å². The molecule has 0 saturated carbocycles. The first-order chi connectivity index (χ1) is 27.4. The minimum atomic E-state index is -3.03. The number of nitrogens with zero attached hydrogens (tertiary/aromatic N) is 4. The van der Waals surface area contributed by atoms with E-state index in [1.807, 2.05) is 11.0 Å². The number of hydrogen-bond donors (Lipinski definition) is 2. The van der Waals surface area contributed by atoms with Crippen molar-refractivity contribution in [3.05, 3.63) is 144 Å². The van der Waals surface area contributed by atoms with E-state index < -0.39 is 25.2 Å². The molecule has 2 N–H and O–H groups in total. The average molecular weight is 791 g/mol. The Balaban J connectivity index is 0.000000218. The molecule has 2 heterocycles. The van der Waals surface area contributed by atoms with Gasteiger partial charge in [0, 0.05) is 53.8 Å². The highest BCUT2D eigenvalue weighted by Gasteiger charge is 2.20. The van der Waals surface area contributed by atoms with E-state index in [1.165, 1.54) is 75.3 Å². The molecule has 0 saturated heterocycles. The Morgan fingerprint density at radius 3 is 1.68 bits per heavy atom. The third kappa shape index (κ3) is 11.1. The van der Waals surface area contributed by atoms with Gasteiger partial charge in [0.2, 0.25) is 0 Å². The monoisotopic (exact) mass is 790 g/mol. The van der Waals surface area contributed by atoms with Gasteiger partial charge in [-0.05, 0) is 78.4 Å². The number of carboxylic acid groups (broad SMARTS) is 2. The molecule has 13 nitrogen and oxygen atoms in total. The molecular formula is C40H34F4N4O9. The van der Waals surface area contributed by atoms with Crippen molar-refractivity contribution in [2.24, 2.45) is 0 Å². The number of aromatic carboxylic acids is 2. The van der Waals surface area contributed by atoms with Crippen LogP contribution in [-0.4, -0.2) is 59.6 Å². The fourth-order valence-corrected chi connectivity index (χ4v) is 5.45. The predicted molar refractivity (Wildman–Crippen MR) is 198 cm³/mol. The van der Waals surface area contributed by atoms with E-state index in [-0.39, 0.29) is 40.7 Å². The third-order valence-electron chi connectivity index (χ3n) is 8.04. The number of oxazole rings is 1. The highest BCUT2D eigenvalue weighted by molar-refractivity contribution is 5.89. The van der Waals surface area contributed by atoms with E-state index >= 15 is 0 Å². The molecule has 17 heteroatoms. The first-order valence-electron chi connectivity index (χ1n) is 16.7. The number of rotatable bonds is 16. The maximum Gasteiger partial charge on any atom is 0.387 e. The van der Waals surface area contributed by atoms with Gasteiger partial charge in [-0.3, -0.25) is 4.98 Å². The normalized spacial score (nSPS) is 10.7. The largest absolute Gasteiger partial charge is 0.493 e. The molecule has 6 rings (SSSR count). The minimum absolute atomic E-state index is 0.0811. The van der Waals surface area contributed by atoms with Crippen LogP contribution in [0.1, 0.15) is 32.0 Å². The molecular weight excluding hydrogens is 756 g/mol. The number of methoxy groups -OCH3 is 2. The highest BCUT2D eigenvalue weighted by atomic mass is 19.3. The second kappa shape index (κ2) is 19.3. The van der Waals surface area contributed by atoms with Crippen LogP contribution in [0.2, 0.25) is 0 Å². The molecule has 0 unspecified atom stereocenters. The fraction of sp³-hybridized carbons (Fsp3) is 0.150. The van der Waals surface area contributed by atoms with Crippen LogP contribution in [0.15, 0.2) is 126 Å². The van der Waals surface area contributed by atoms with Crippen molar-refractivity contribution in [2.75, 3.05) is 24.0 Å². The van der Waals surface area contributed by atoms with E-state index in [4.69, 9.17) is 19.0 Å². The summed E-state index contributed by atoms with van der Waals surface area (Å²) in [7, 11) is 2.71. The maximum absolute atomic E-state index is 12.8. The van der Waals surface area contributed by atoms with E-state index in [9.17, 15) is 32.3 Å². The van der Waals surface area contributed by atoms with Gasteiger partial charge in [0.15, 0.2) is 29.4 Å². The number of benzene rings is 4. The molecule has 2 aromatic heterocycles. The zero-order valence-corrected chi connectivity index (χ0v) is 30.2. The van der Waals surface area contributed by atoms with Gasteiger partial charge >= 0.3 is 25.2 Å². The molecule has 0 radical (unpaired) electrons. The molecule has 0 aliphatic heterocycles. The SMILES string of the molecule is COc1ccc(N(Cc2cccnc2)c2ccc(C(=O)O)cc2)cc1OC(F)F.COc1ccc(N(Cc2cnco2)c2cccc(C(=O)O)c2)cc1OC(F)F. The Morgan fingerprint density at radius 1 is 0.632 bits per heavy atom. The minimum Gasteiger partial charge on any atom is -0.493 e. The summed E-state index contributed by atoms with van der Waals surface area (Å²) in [6.45, 7) is -5.47. The Morgan fingerprint density at radius 2 is 1.19 bits per heavy atom. The van der Waals surface area contributed by atoms with Gasteiger partial charge in [-0.2, -0.15) is 17.6 Å². The third-order valence-corrected chi connectivity index (χ3v) is 8.04. The molecule has 0 atom stereocenters. The number of pyridine rings is 1. The maximum atomic E-state index is 12.8. The van der Waals surface area contributed by atoms with Crippen molar-refractivity contribution in [1.82, 2.24) is 9.97 Å². The summed E-state index contributed by atoms with van der Waals surface area (Å²) >= 11 is 0. The lowest BCUT2D eigenvalue weighted by Gasteiger charge is -2.26. The molecule has 0 amide bonds. The second-order valence-electron chi connectivity index (χ2n) is 11.6. The van der Waals surface area contributed by atoms with Gasteiger partial charge in [0.25, 0.3) is 0 Å². The van der Waals surface area contributed by atoms with Gasteiger partial charge in [0.1, 0.15) is 5.76 Å². The molecule has 296 valence electrons. The number of carboxylic acids is 2. The number of anilines is 4. The standard InChI is InChI=1S/C21H18F2N2O4.C19H16F2N2O5/c1-28-18-9-8-17(11-19(18)29-21(22)23)25(13-14-3-2-10-24-12-14)16-6-4-15(5-7-16)20(26)27;1-26-16-6-5-14(8-17(16)28-19(20)21)23(10-15-9-22-11-27-15)13-4-2-3-12(7-13)18(24)25/h2-12,21H,13H2,1H3,(H,26,27);2-9,11,19H,10H2,1H3,(H,24,25). The molecule has 0 aliphatic rings. The number of alkyl halides is 4. The summed E-state index contributed by atoms with van der Waals surface area (Å²) < 4.78 is 75.7. The fourth-order valence-electron chi connectivity index (χ4n) is 5.45. The Bertz CT molecular complexity index is 2230. The van der Waals surface area contributed by atoms with Crippen molar-refractivity contribution in [2.45, 2.75) is 26.3 Å². The average Bonchev–Trinajstić information content (AvgIpc) is 3.73. The van der Waals surface area contributed by atoms with E-state index in [0.29, 0.717) is 35.1 Å². The molecule has 4 aromatic carbocycles. The highest BCUT2D eigenvalue weighted by Crippen LogP contribution is 2.38. The van der Waals surface area contributed by atoms with E-state index in [0.717, 1.165) is 5.56 Å². The van der Waals surface area contributed by atoms with Crippen LogP contribution in [0, 0.1) is 0 Å². The lowest BCUT2D eigenvalue weighted by Crippen LogP contribution is -2.17.